The smallest absolute Gasteiger partial charge is 0.462 e. The van der Waals surface area contributed by atoms with Gasteiger partial charge in [-0.05, 0) is 135 Å². The van der Waals surface area contributed by atoms with E-state index in [1.54, 1.807) is 0 Å². The molecule has 0 heterocycles. The maximum atomic E-state index is 13.1. The molecule has 0 fully saturated rings. The minimum Gasteiger partial charge on any atom is -0.462 e. The Bertz CT molecular complexity index is 2060. The van der Waals surface area contributed by atoms with Gasteiger partial charge in [-0.25, -0.2) is 9.13 Å². The Morgan fingerprint density at radius 3 is 0.802 bits per heavy atom. The zero-order chi connectivity index (χ0) is 70.4. The second-order valence-electron chi connectivity index (χ2n) is 25.9. The molecule has 0 spiro atoms. The highest BCUT2D eigenvalue weighted by Gasteiger charge is 2.30. The van der Waals surface area contributed by atoms with Gasteiger partial charge in [0, 0.05) is 25.7 Å². The van der Waals surface area contributed by atoms with Crippen LogP contribution in [0.3, 0.4) is 0 Å². The van der Waals surface area contributed by atoms with E-state index in [0.717, 1.165) is 173 Å². The number of hydrogen-bond acceptors (Lipinski definition) is 15. The number of unbranched alkanes of at least 4 members (excludes halogenated alkanes) is 37. The molecule has 5 atom stereocenters. The minimum absolute atomic E-state index is 0.0808. The van der Waals surface area contributed by atoms with Crippen LogP contribution in [0.1, 0.15) is 349 Å². The van der Waals surface area contributed by atoms with E-state index < -0.39 is 97.5 Å². The predicted octanol–water partition coefficient (Wildman–Crippen LogP) is 21.9. The fourth-order valence-corrected chi connectivity index (χ4v) is 12.0. The van der Waals surface area contributed by atoms with E-state index in [4.69, 9.17) is 37.0 Å². The lowest BCUT2D eigenvalue weighted by Crippen LogP contribution is -2.30. The molecule has 17 nitrogen and oxygen atoms in total. The summed E-state index contributed by atoms with van der Waals surface area (Å²) in [6, 6.07) is 0. The van der Waals surface area contributed by atoms with Gasteiger partial charge in [0.1, 0.15) is 19.3 Å². The van der Waals surface area contributed by atoms with Crippen LogP contribution in [0.5, 0.6) is 0 Å². The quantitative estimate of drug-likeness (QED) is 0.0169. The van der Waals surface area contributed by atoms with E-state index in [1.165, 1.54) is 96.3 Å². The standard InChI is InChI=1S/C77H140O17P2/c1-5-9-13-17-21-25-29-33-35-39-43-47-51-55-59-63-76(81)93-72(67-87-74(79)61-57-53-49-45-41-37-31-27-23-19-15-11-7-3)69-91-95(83,84)89-65-71(78)66-90-96(85,86)92-70-73(68-88-75(80)62-58-54-50-46-42-38-32-28-24-20-16-12-8-4)94-77(82)64-60-56-52-48-44-40-36-34-30-26-22-18-14-10-6-2/h21,25-28,30-33,35,71-73,78H,5-20,22-24,29,34,36-70H2,1-4H3,(H,83,84)(H,85,86)/b25-21-,30-26-,31-27-,32-28-,35-33-/t71-,72-,73-/m1/s1. The van der Waals surface area contributed by atoms with E-state index in [-0.39, 0.29) is 25.7 Å². The van der Waals surface area contributed by atoms with Crippen molar-refractivity contribution in [1.29, 1.82) is 0 Å². The van der Waals surface area contributed by atoms with Gasteiger partial charge in [-0.3, -0.25) is 37.3 Å². The number of aliphatic hydroxyl groups is 1. The van der Waals surface area contributed by atoms with Crippen LogP contribution >= 0.6 is 15.6 Å². The fraction of sp³-hybridized carbons (Fsp3) is 0.818. The lowest BCUT2D eigenvalue weighted by Gasteiger charge is -2.21. The molecular formula is C77H140O17P2. The number of rotatable bonds is 73. The van der Waals surface area contributed by atoms with Gasteiger partial charge >= 0.3 is 39.5 Å². The Balaban J connectivity index is 5.34. The van der Waals surface area contributed by atoms with Crippen LogP contribution in [0, 0.1) is 0 Å². The highest BCUT2D eigenvalue weighted by atomic mass is 31.2. The molecule has 3 N–H and O–H groups in total. The molecule has 19 heteroatoms. The van der Waals surface area contributed by atoms with Crippen molar-refractivity contribution in [3.05, 3.63) is 60.8 Å². The Morgan fingerprint density at radius 1 is 0.292 bits per heavy atom. The molecule has 0 aromatic carbocycles. The van der Waals surface area contributed by atoms with Gasteiger partial charge in [0.2, 0.25) is 0 Å². The van der Waals surface area contributed by atoms with Gasteiger partial charge in [-0.15, -0.1) is 0 Å². The number of esters is 4. The summed E-state index contributed by atoms with van der Waals surface area (Å²) in [6.07, 6.45) is 67.7. The van der Waals surface area contributed by atoms with E-state index >= 15 is 0 Å². The average Bonchev–Trinajstić information content (AvgIpc) is 1.19. The van der Waals surface area contributed by atoms with Crippen molar-refractivity contribution in [3.8, 4) is 0 Å². The normalized spacial score (nSPS) is 14.3. The molecule has 96 heavy (non-hydrogen) atoms. The number of carbonyl (C=O) groups excluding carboxylic acids is 4. The van der Waals surface area contributed by atoms with Crippen LogP contribution in [0.15, 0.2) is 60.8 Å². The summed E-state index contributed by atoms with van der Waals surface area (Å²) in [7, 11) is -9.94. The lowest BCUT2D eigenvalue weighted by atomic mass is 10.1. The van der Waals surface area contributed by atoms with Gasteiger partial charge in [0.15, 0.2) is 12.2 Å². The minimum atomic E-state index is -4.97. The van der Waals surface area contributed by atoms with E-state index in [0.29, 0.717) is 25.7 Å². The molecule has 0 bridgehead atoms. The highest BCUT2D eigenvalue weighted by Crippen LogP contribution is 2.45. The van der Waals surface area contributed by atoms with Crippen molar-refractivity contribution in [2.24, 2.45) is 0 Å². The first kappa shape index (κ1) is 92.8. The van der Waals surface area contributed by atoms with Crippen LogP contribution in [0.2, 0.25) is 0 Å². The van der Waals surface area contributed by atoms with Gasteiger partial charge in [0.05, 0.1) is 26.4 Å². The molecule has 560 valence electrons. The van der Waals surface area contributed by atoms with Crippen molar-refractivity contribution in [2.45, 2.75) is 367 Å². The zero-order valence-electron chi connectivity index (χ0n) is 61.1. The first-order valence-electron chi connectivity index (χ1n) is 38.5. The summed E-state index contributed by atoms with van der Waals surface area (Å²) in [5.74, 6) is -2.19. The molecule has 0 aromatic rings. The van der Waals surface area contributed by atoms with Gasteiger partial charge in [0.25, 0.3) is 0 Å². The Kier molecular flexibility index (Phi) is 67.8. The lowest BCUT2D eigenvalue weighted by molar-refractivity contribution is -0.161. The highest BCUT2D eigenvalue weighted by molar-refractivity contribution is 7.47. The van der Waals surface area contributed by atoms with Crippen molar-refractivity contribution < 1.29 is 80.2 Å². The Labute approximate surface area is 584 Å². The summed E-state index contributed by atoms with van der Waals surface area (Å²) < 4.78 is 68.5. The molecule has 0 saturated heterocycles. The Hall–Kier alpha value is -3.24. The maximum Gasteiger partial charge on any atom is 0.472 e. The third-order valence-electron chi connectivity index (χ3n) is 16.4. The van der Waals surface area contributed by atoms with Crippen molar-refractivity contribution in [1.82, 2.24) is 0 Å². The van der Waals surface area contributed by atoms with Crippen LogP contribution in [-0.4, -0.2) is 96.7 Å². The molecule has 0 aliphatic carbocycles. The molecule has 0 aliphatic rings. The molecule has 0 amide bonds. The predicted molar refractivity (Wildman–Crippen MR) is 390 cm³/mol. The molecule has 0 radical (unpaired) electrons. The zero-order valence-corrected chi connectivity index (χ0v) is 62.8. The first-order valence-corrected chi connectivity index (χ1v) is 41.5. The molecule has 0 aliphatic heterocycles. The summed E-state index contributed by atoms with van der Waals surface area (Å²) in [5, 5.41) is 10.6. The fourth-order valence-electron chi connectivity index (χ4n) is 10.5. The van der Waals surface area contributed by atoms with Gasteiger partial charge in [-0.2, -0.15) is 0 Å². The number of ether oxygens (including phenoxy) is 4. The number of phosphoric acid groups is 2. The molecular weight excluding hydrogens is 1260 g/mol. The van der Waals surface area contributed by atoms with Crippen LogP contribution < -0.4 is 0 Å². The second kappa shape index (κ2) is 70.2. The van der Waals surface area contributed by atoms with E-state index in [9.17, 15) is 43.2 Å². The van der Waals surface area contributed by atoms with Crippen LogP contribution in [-0.2, 0) is 65.4 Å². The summed E-state index contributed by atoms with van der Waals surface area (Å²) in [5.41, 5.74) is 0. The number of hydrogen-bond donors (Lipinski definition) is 3. The summed E-state index contributed by atoms with van der Waals surface area (Å²) in [4.78, 5) is 72.8. The van der Waals surface area contributed by atoms with Crippen LogP contribution in [0.4, 0.5) is 0 Å². The van der Waals surface area contributed by atoms with Crippen molar-refractivity contribution in [3.63, 3.8) is 0 Å². The second-order valence-corrected chi connectivity index (χ2v) is 28.8. The third-order valence-corrected chi connectivity index (χ3v) is 18.3. The maximum absolute atomic E-state index is 13.1. The number of aliphatic hydroxyl groups excluding tert-OH is 1. The number of phosphoric ester groups is 2. The van der Waals surface area contributed by atoms with Crippen LogP contribution in [0.25, 0.3) is 0 Å². The summed E-state index contributed by atoms with van der Waals surface area (Å²) >= 11 is 0. The molecule has 0 saturated carbocycles. The first-order chi connectivity index (χ1) is 46.7. The van der Waals surface area contributed by atoms with Crippen molar-refractivity contribution >= 4 is 39.5 Å². The van der Waals surface area contributed by atoms with Crippen molar-refractivity contribution in [2.75, 3.05) is 39.6 Å². The largest absolute Gasteiger partial charge is 0.472 e. The molecule has 0 rings (SSSR count). The van der Waals surface area contributed by atoms with Gasteiger partial charge in [-0.1, -0.05) is 249 Å². The van der Waals surface area contributed by atoms with E-state index in [1.807, 2.05) is 0 Å². The molecule has 0 aromatic heterocycles. The molecule has 2 unspecified atom stereocenters. The third kappa shape index (κ3) is 69.2. The number of allylic oxidation sites excluding steroid dienone is 10. The van der Waals surface area contributed by atoms with E-state index in [2.05, 4.69) is 88.5 Å². The number of carbonyl (C=O) groups is 4. The van der Waals surface area contributed by atoms with Gasteiger partial charge < -0.3 is 33.8 Å². The summed E-state index contributed by atoms with van der Waals surface area (Å²) in [6.45, 7) is 4.81. The average molecular weight is 1400 g/mol. The topological polar surface area (TPSA) is 237 Å². The monoisotopic (exact) mass is 1400 g/mol. The SMILES string of the molecule is CCCCC/C=C\C/C=C\CCCCCCCC(=O)O[C@H](COC(=O)CCCCCCC/C=C\CCCCCC)COP(=O)(O)OC[C@@H](O)COP(=O)(O)OC[C@@H](COC(=O)CCCCCCC/C=C\CCCCCC)OC(=O)CCCCCCCCC/C=C\CCCCCC. The Morgan fingerprint density at radius 2 is 0.510 bits per heavy atom.